The highest BCUT2D eigenvalue weighted by Gasteiger charge is 2.21. The third kappa shape index (κ3) is 2.89. The zero-order chi connectivity index (χ0) is 18.1. The molecule has 2 aromatic carbocycles. The van der Waals surface area contributed by atoms with E-state index in [1.165, 1.54) is 22.6 Å². The number of benzene rings is 2. The topological polar surface area (TPSA) is 79.8 Å². The minimum atomic E-state index is -0.439. The lowest BCUT2D eigenvalue weighted by Gasteiger charge is -2.13. The smallest absolute Gasteiger partial charge is 0.258 e. The second kappa shape index (κ2) is 6.54. The van der Waals surface area contributed by atoms with Crippen LogP contribution in [0, 0.1) is 21.4 Å². The number of non-ortho nitro benzene ring substituents is 1. The van der Waals surface area contributed by atoms with Crippen molar-refractivity contribution in [3.8, 4) is 17.3 Å². The van der Waals surface area contributed by atoms with Crippen LogP contribution in [0.5, 0.6) is 0 Å². The number of nitriles is 1. The number of aryl methyl sites for hydroxylation is 2. The lowest BCUT2D eigenvalue weighted by atomic mass is 9.94. The summed E-state index contributed by atoms with van der Waals surface area (Å²) in [5, 5.41) is 21.0. The molecule has 0 saturated heterocycles. The van der Waals surface area contributed by atoms with Gasteiger partial charge in [0.05, 0.1) is 16.2 Å². The van der Waals surface area contributed by atoms with E-state index < -0.39 is 4.92 Å². The highest BCUT2D eigenvalue weighted by molar-refractivity contribution is 7.13. The summed E-state index contributed by atoms with van der Waals surface area (Å²) in [6.07, 6.45) is 3.64. The van der Waals surface area contributed by atoms with Crippen LogP contribution < -0.4 is 0 Å². The van der Waals surface area contributed by atoms with E-state index in [4.69, 9.17) is 4.98 Å². The molecule has 0 aliphatic heterocycles. The number of fused-ring (bicyclic) bond motifs is 3. The molecule has 126 valence electrons. The normalized spacial score (nSPS) is 12.8. The van der Waals surface area contributed by atoms with Gasteiger partial charge in [0, 0.05) is 22.6 Å². The van der Waals surface area contributed by atoms with Gasteiger partial charge in [-0.25, -0.2) is 4.98 Å². The molecule has 0 fully saturated rings. The first-order valence-electron chi connectivity index (χ1n) is 8.10. The predicted molar refractivity (Wildman–Crippen MR) is 102 cm³/mol. The number of hydrogen-bond acceptors (Lipinski definition) is 5. The summed E-state index contributed by atoms with van der Waals surface area (Å²) in [7, 11) is 0. The van der Waals surface area contributed by atoms with E-state index in [0.717, 1.165) is 29.7 Å². The molecule has 1 aliphatic rings. The maximum Gasteiger partial charge on any atom is 0.269 e. The molecule has 0 amide bonds. The van der Waals surface area contributed by atoms with Gasteiger partial charge in [0.1, 0.15) is 11.1 Å². The van der Waals surface area contributed by atoms with Crippen LogP contribution >= 0.6 is 11.3 Å². The second-order valence-corrected chi connectivity index (χ2v) is 7.05. The molecule has 0 N–H and O–H groups in total. The van der Waals surface area contributed by atoms with Gasteiger partial charge in [-0.2, -0.15) is 5.26 Å². The quantitative estimate of drug-likeness (QED) is 0.379. The standard InChI is InChI=1S/C20H13N3O2S/c21-12-15(11-13-5-8-16(9-6-13)23(24)25)20-22-19-17-4-2-1-3-14(17)7-10-18(19)26-20/h1-6,8-9,11H,7,10H2/b15-11-. The summed E-state index contributed by atoms with van der Waals surface area (Å²) in [5.41, 5.74) is 4.63. The highest BCUT2D eigenvalue weighted by Crippen LogP contribution is 2.38. The van der Waals surface area contributed by atoms with Crippen LogP contribution in [-0.4, -0.2) is 9.91 Å². The Morgan fingerprint density at radius 1 is 1.19 bits per heavy atom. The van der Waals surface area contributed by atoms with Crippen LogP contribution in [0.2, 0.25) is 0 Å². The van der Waals surface area contributed by atoms with Gasteiger partial charge >= 0.3 is 0 Å². The predicted octanol–water partition coefficient (Wildman–Crippen LogP) is 4.88. The van der Waals surface area contributed by atoms with E-state index in [1.54, 1.807) is 29.5 Å². The van der Waals surface area contributed by atoms with Gasteiger partial charge in [-0.05, 0) is 42.2 Å². The molecule has 1 aliphatic carbocycles. The Kier molecular flexibility index (Phi) is 4.07. The Balaban J connectivity index is 1.72. The fourth-order valence-electron chi connectivity index (χ4n) is 3.07. The Bertz CT molecular complexity index is 1080. The molecule has 0 radical (unpaired) electrons. The van der Waals surface area contributed by atoms with Crippen molar-refractivity contribution in [1.82, 2.24) is 4.98 Å². The van der Waals surface area contributed by atoms with Crippen molar-refractivity contribution in [3.05, 3.63) is 79.7 Å². The SMILES string of the molecule is N#C/C(=C/c1ccc([N+](=O)[O-])cc1)c1nc2c(s1)CCc1ccccc1-2. The number of nitro groups is 1. The van der Waals surface area contributed by atoms with Crippen LogP contribution in [0.25, 0.3) is 22.9 Å². The molecule has 1 heterocycles. The largest absolute Gasteiger partial charge is 0.269 e. The van der Waals surface area contributed by atoms with Gasteiger partial charge < -0.3 is 0 Å². The van der Waals surface area contributed by atoms with Crippen LogP contribution in [0.4, 0.5) is 5.69 Å². The average Bonchev–Trinajstić information content (AvgIpc) is 3.11. The molecular formula is C20H13N3O2S. The summed E-state index contributed by atoms with van der Waals surface area (Å²) in [4.78, 5) is 16.2. The van der Waals surface area contributed by atoms with E-state index >= 15 is 0 Å². The van der Waals surface area contributed by atoms with Gasteiger partial charge in [-0.1, -0.05) is 24.3 Å². The van der Waals surface area contributed by atoms with Crippen LogP contribution in [0.1, 0.15) is 21.0 Å². The number of hydrogen-bond donors (Lipinski definition) is 0. The van der Waals surface area contributed by atoms with E-state index in [9.17, 15) is 15.4 Å². The van der Waals surface area contributed by atoms with E-state index in [0.29, 0.717) is 10.6 Å². The Hall–Kier alpha value is -3.30. The number of nitrogens with zero attached hydrogens (tertiary/aromatic N) is 3. The molecule has 0 atom stereocenters. The number of rotatable bonds is 3. The molecule has 1 aromatic heterocycles. The maximum absolute atomic E-state index is 10.8. The molecule has 5 nitrogen and oxygen atoms in total. The fourth-order valence-corrected chi connectivity index (χ4v) is 4.11. The van der Waals surface area contributed by atoms with Crippen LogP contribution in [0.3, 0.4) is 0 Å². The lowest BCUT2D eigenvalue weighted by Crippen LogP contribution is -2.01. The zero-order valence-corrected chi connectivity index (χ0v) is 14.5. The van der Waals surface area contributed by atoms with E-state index in [2.05, 4.69) is 18.2 Å². The van der Waals surface area contributed by atoms with Crippen molar-refractivity contribution in [2.75, 3.05) is 0 Å². The minimum Gasteiger partial charge on any atom is -0.258 e. The summed E-state index contributed by atoms with van der Waals surface area (Å²) in [5.74, 6) is 0. The van der Waals surface area contributed by atoms with Gasteiger partial charge in [0.2, 0.25) is 0 Å². The monoisotopic (exact) mass is 359 g/mol. The molecule has 6 heteroatoms. The Labute approximate surface area is 154 Å². The van der Waals surface area contributed by atoms with Crippen LogP contribution in [-0.2, 0) is 12.8 Å². The first kappa shape index (κ1) is 16.2. The molecule has 4 rings (SSSR count). The number of allylic oxidation sites excluding steroid dienone is 1. The second-order valence-electron chi connectivity index (χ2n) is 5.97. The van der Waals surface area contributed by atoms with Gasteiger partial charge in [-0.3, -0.25) is 10.1 Å². The third-order valence-electron chi connectivity index (χ3n) is 4.36. The fraction of sp³-hybridized carbons (Fsp3) is 0.100. The van der Waals surface area contributed by atoms with Crippen molar-refractivity contribution >= 4 is 28.7 Å². The number of thiazole rings is 1. The Morgan fingerprint density at radius 2 is 1.96 bits per heavy atom. The minimum absolute atomic E-state index is 0.0296. The summed E-state index contributed by atoms with van der Waals surface area (Å²) < 4.78 is 0. The third-order valence-corrected chi connectivity index (χ3v) is 5.51. The van der Waals surface area contributed by atoms with Crippen molar-refractivity contribution < 1.29 is 4.92 Å². The van der Waals surface area contributed by atoms with Crippen molar-refractivity contribution in [1.29, 1.82) is 5.26 Å². The van der Waals surface area contributed by atoms with Crippen molar-refractivity contribution in [3.63, 3.8) is 0 Å². The van der Waals surface area contributed by atoms with Crippen molar-refractivity contribution in [2.45, 2.75) is 12.8 Å². The van der Waals surface area contributed by atoms with Crippen LogP contribution in [0.15, 0.2) is 48.5 Å². The molecule has 0 unspecified atom stereocenters. The first-order chi connectivity index (χ1) is 12.7. The van der Waals surface area contributed by atoms with Gasteiger partial charge in [-0.15, -0.1) is 11.3 Å². The first-order valence-corrected chi connectivity index (χ1v) is 8.92. The van der Waals surface area contributed by atoms with Crippen molar-refractivity contribution in [2.24, 2.45) is 0 Å². The Morgan fingerprint density at radius 3 is 2.69 bits per heavy atom. The average molecular weight is 359 g/mol. The molecule has 3 aromatic rings. The summed E-state index contributed by atoms with van der Waals surface area (Å²) in [6.45, 7) is 0. The molecule has 26 heavy (non-hydrogen) atoms. The summed E-state index contributed by atoms with van der Waals surface area (Å²) in [6, 6.07) is 16.6. The van der Waals surface area contributed by atoms with E-state index in [1.807, 2.05) is 12.1 Å². The summed E-state index contributed by atoms with van der Waals surface area (Å²) >= 11 is 1.55. The van der Waals surface area contributed by atoms with E-state index in [-0.39, 0.29) is 5.69 Å². The van der Waals surface area contributed by atoms with Gasteiger partial charge in [0.25, 0.3) is 5.69 Å². The lowest BCUT2D eigenvalue weighted by molar-refractivity contribution is -0.384. The number of nitro benzene ring substituents is 1. The number of aromatic nitrogens is 1. The maximum atomic E-state index is 10.8. The molecule has 0 bridgehead atoms. The zero-order valence-electron chi connectivity index (χ0n) is 13.7. The molecular weight excluding hydrogens is 346 g/mol. The molecule has 0 spiro atoms. The highest BCUT2D eigenvalue weighted by atomic mass is 32.1. The van der Waals surface area contributed by atoms with Gasteiger partial charge in [0.15, 0.2) is 0 Å². The molecule has 0 saturated carbocycles.